The minimum Gasteiger partial charge on any atom is -0.367 e. The van der Waals surface area contributed by atoms with E-state index in [1.807, 2.05) is 12.3 Å². The Labute approximate surface area is 184 Å². The molecule has 2 saturated carbocycles. The first-order valence-electron chi connectivity index (χ1n) is 11.9. The van der Waals surface area contributed by atoms with Gasteiger partial charge in [-0.15, -0.1) is 5.10 Å². The molecule has 2 bridgehead atoms. The standard InChI is InChI=1S/C25H31ClN4/c26-25-13-22(14-27-28-25)29-15-20-11-12-21(16-29)30(20)19-9-7-18(8-10-19)24-4-2-1-3-23(24)17-5-6-17/h1-4,13-14,17-21H,5-12,15-16H2/t18-,19-,20?,21?. The maximum absolute atomic E-state index is 6.09. The topological polar surface area (TPSA) is 32.3 Å². The van der Waals surface area contributed by atoms with Crippen LogP contribution >= 0.6 is 11.6 Å². The molecule has 2 saturated heterocycles. The van der Waals surface area contributed by atoms with Crippen LogP contribution in [0.5, 0.6) is 0 Å². The van der Waals surface area contributed by atoms with Crippen LogP contribution < -0.4 is 4.90 Å². The second-order valence-corrected chi connectivity index (χ2v) is 10.3. The van der Waals surface area contributed by atoms with E-state index in [4.69, 9.17) is 11.6 Å². The van der Waals surface area contributed by atoms with Gasteiger partial charge in [-0.2, -0.15) is 5.10 Å². The Balaban J connectivity index is 1.12. The number of benzene rings is 1. The van der Waals surface area contributed by atoms with Crippen molar-refractivity contribution < 1.29 is 0 Å². The molecule has 3 heterocycles. The molecule has 0 spiro atoms. The van der Waals surface area contributed by atoms with Gasteiger partial charge in [-0.25, -0.2) is 0 Å². The van der Waals surface area contributed by atoms with Crippen LogP contribution in [-0.4, -0.2) is 46.3 Å². The molecule has 30 heavy (non-hydrogen) atoms. The first-order valence-corrected chi connectivity index (χ1v) is 12.2. The smallest absolute Gasteiger partial charge is 0.153 e. The molecule has 1 aromatic carbocycles. The van der Waals surface area contributed by atoms with Gasteiger partial charge in [-0.05, 0) is 74.3 Å². The molecule has 0 amide bonds. The minimum absolute atomic E-state index is 0.493. The van der Waals surface area contributed by atoms with Crippen molar-refractivity contribution in [1.82, 2.24) is 15.1 Å². The van der Waals surface area contributed by atoms with Crippen molar-refractivity contribution in [3.63, 3.8) is 0 Å². The van der Waals surface area contributed by atoms with Crippen LogP contribution in [0.25, 0.3) is 0 Å². The molecule has 2 unspecified atom stereocenters. The van der Waals surface area contributed by atoms with E-state index in [-0.39, 0.29) is 0 Å². The van der Waals surface area contributed by atoms with E-state index in [0.717, 1.165) is 36.7 Å². The molecule has 158 valence electrons. The lowest BCUT2D eigenvalue weighted by atomic mass is 9.78. The third-order valence-electron chi connectivity index (χ3n) is 8.09. The van der Waals surface area contributed by atoms with Gasteiger partial charge in [-0.3, -0.25) is 4.90 Å². The zero-order chi connectivity index (χ0) is 20.1. The highest BCUT2D eigenvalue weighted by atomic mass is 35.5. The first-order chi connectivity index (χ1) is 14.8. The molecule has 2 aromatic rings. The molecule has 2 aliphatic heterocycles. The highest BCUT2D eigenvalue weighted by Crippen LogP contribution is 2.47. The van der Waals surface area contributed by atoms with E-state index in [0.29, 0.717) is 17.2 Å². The van der Waals surface area contributed by atoms with Crippen LogP contribution in [0.15, 0.2) is 36.5 Å². The van der Waals surface area contributed by atoms with Crippen LogP contribution in [0.1, 0.15) is 74.3 Å². The molecule has 4 aliphatic rings. The van der Waals surface area contributed by atoms with Crippen molar-refractivity contribution in [2.24, 2.45) is 0 Å². The van der Waals surface area contributed by atoms with Crippen molar-refractivity contribution in [2.45, 2.75) is 81.3 Å². The van der Waals surface area contributed by atoms with Crippen LogP contribution in [-0.2, 0) is 0 Å². The molecular formula is C25H31ClN4. The number of anilines is 1. The summed E-state index contributed by atoms with van der Waals surface area (Å²) in [5.41, 5.74) is 4.47. The number of hydrogen-bond acceptors (Lipinski definition) is 4. The van der Waals surface area contributed by atoms with Crippen LogP contribution in [0.2, 0.25) is 5.15 Å². The lowest BCUT2D eigenvalue weighted by molar-refractivity contribution is 0.0811. The summed E-state index contributed by atoms with van der Waals surface area (Å²) >= 11 is 6.09. The lowest BCUT2D eigenvalue weighted by Gasteiger charge is -2.47. The predicted molar refractivity (Wildman–Crippen MR) is 121 cm³/mol. The van der Waals surface area contributed by atoms with Crippen molar-refractivity contribution in [3.8, 4) is 0 Å². The SMILES string of the molecule is Clc1cc(N2CC3CCC(C2)N3[C@H]2CC[C@H](c3ccccc3C3CC3)CC2)cnn1. The van der Waals surface area contributed by atoms with Crippen molar-refractivity contribution in [1.29, 1.82) is 0 Å². The van der Waals surface area contributed by atoms with Crippen LogP contribution in [0, 0.1) is 0 Å². The number of halogens is 1. The molecular weight excluding hydrogens is 392 g/mol. The summed E-state index contributed by atoms with van der Waals surface area (Å²) in [6.07, 6.45) is 12.8. The van der Waals surface area contributed by atoms with Crippen molar-refractivity contribution in [2.75, 3.05) is 18.0 Å². The fourth-order valence-electron chi connectivity index (χ4n) is 6.58. The average Bonchev–Trinajstić information content (AvgIpc) is 3.59. The largest absolute Gasteiger partial charge is 0.367 e. The van der Waals surface area contributed by atoms with Crippen molar-refractivity contribution in [3.05, 3.63) is 52.8 Å². The van der Waals surface area contributed by atoms with Gasteiger partial charge in [0, 0.05) is 37.3 Å². The summed E-state index contributed by atoms with van der Waals surface area (Å²) in [6.45, 7) is 2.20. The zero-order valence-corrected chi connectivity index (χ0v) is 18.3. The normalized spacial score (nSPS) is 31.8. The summed E-state index contributed by atoms with van der Waals surface area (Å²) in [5, 5.41) is 8.46. The van der Waals surface area contributed by atoms with E-state index in [2.05, 4.69) is 44.3 Å². The molecule has 0 radical (unpaired) electrons. The lowest BCUT2D eigenvalue weighted by Crippen LogP contribution is -2.57. The number of nitrogens with zero attached hydrogens (tertiary/aromatic N) is 4. The summed E-state index contributed by atoms with van der Waals surface area (Å²) in [6, 6.07) is 13.4. The van der Waals surface area contributed by atoms with E-state index in [1.165, 1.54) is 51.4 Å². The Morgan fingerprint density at radius 1 is 0.767 bits per heavy atom. The maximum atomic E-state index is 6.09. The quantitative estimate of drug-likeness (QED) is 0.661. The van der Waals surface area contributed by atoms with E-state index >= 15 is 0 Å². The first kappa shape index (κ1) is 19.1. The van der Waals surface area contributed by atoms with Crippen LogP contribution in [0.3, 0.4) is 0 Å². The number of rotatable bonds is 4. The van der Waals surface area contributed by atoms with Gasteiger partial charge in [0.25, 0.3) is 0 Å². The molecule has 2 aliphatic carbocycles. The Morgan fingerprint density at radius 3 is 1.90 bits per heavy atom. The van der Waals surface area contributed by atoms with Gasteiger partial charge >= 0.3 is 0 Å². The highest BCUT2D eigenvalue weighted by Gasteiger charge is 2.44. The minimum atomic E-state index is 0.493. The summed E-state index contributed by atoms with van der Waals surface area (Å²) in [7, 11) is 0. The monoisotopic (exact) mass is 422 g/mol. The van der Waals surface area contributed by atoms with E-state index < -0.39 is 0 Å². The number of piperazine rings is 1. The summed E-state index contributed by atoms with van der Waals surface area (Å²) in [5.74, 6) is 1.64. The molecule has 4 fully saturated rings. The zero-order valence-electron chi connectivity index (χ0n) is 17.6. The Hall–Kier alpha value is -1.65. The third-order valence-corrected chi connectivity index (χ3v) is 8.27. The summed E-state index contributed by atoms with van der Waals surface area (Å²) < 4.78 is 0. The fourth-order valence-corrected chi connectivity index (χ4v) is 6.74. The van der Waals surface area contributed by atoms with Crippen molar-refractivity contribution >= 4 is 17.3 Å². The van der Waals surface area contributed by atoms with Gasteiger partial charge in [0.05, 0.1) is 11.9 Å². The molecule has 5 heteroatoms. The number of hydrogen-bond donors (Lipinski definition) is 0. The molecule has 4 nitrogen and oxygen atoms in total. The number of aromatic nitrogens is 2. The fraction of sp³-hybridized carbons (Fsp3) is 0.600. The molecule has 6 rings (SSSR count). The Morgan fingerprint density at radius 2 is 1.33 bits per heavy atom. The second-order valence-electron chi connectivity index (χ2n) is 9.88. The maximum Gasteiger partial charge on any atom is 0.153 e. The third kappa shape index (κ3) is 3.52. The predicted octanol–water partition coefficient (Wildman–Crippen LogP) is 5.39. The van der Waals surface area contributed by atoms with Crippen LogP contribution in [0.4, 0.5) is 5.69 Å². The van der Waals surface area contributed by atoms with E-state index in [9.17, 15) is 0 Å². The molecule has 1 aromatic heterocycles. The molecule has 2 atom stereocenters. The van der Waals surface area contributed by atoms with Gasteiger partial charge in [0.15, 0.2) is 5.15 Å². The highest BCUT2D eigenvalue weighted by molar-refractivity contribution is 6.29. The average molecular weight is 423 g/mol. The summed E-state index contributed by atoms with van der Waals surface area (Å²) in [4.78, 5) is 5.40. The molecule has 0 N–H and O–H groups in total. The van der Waals surface area contributed by atoms with Gasteiger partial charge in [0.2, 0.25) is 0 Å². The Bertz CT molecular complexity index is 892. The second kappa shape index (κ2) is 7.80. The van der Waals surface area contributed by atoms with Gasteiger partial charge < -0.3 is 4.90 Å². The van der Waals surface area contributed by atoms with Gasteiger partial charge in [0.1, 0.15) is 0 Å². The number of fused-ring (bicyclic) bond motifs is 2. The Kier molecular flexibility index (Phi) is 4.96. The van der Waals surface area contributed by atoms with E-state index in [1.54, 1.807) is 11.1 Å². The van der Waals surface area contributed by atoms with Gasteiger partial charge in [-0.1, -0.05) is 35.9 Å².